The summed E-state index contributed by atoms with van der Waals surface area (Å²) in [4.78, 5) is 24.2. The van der Waals surface area contributed by atoms with Crippen LogP contribution in [0.1, 0.15) is 22.1 Å². The quantitative estimate of drug-likeness (QED) is 0.656. The first-order valence-corrected chi connectivity index (χ1v) is 6.59. The number of phenolic OH excluding ortho intramolecular Hbond substituents is 1. The van der Waals surface area contributed by atoms with E-state index in [4.69, 9.17) is 0 Å². The number of anilines is 1. The minimum atomic E-state index is -0.678. The highest BCUT2D eigenvalue weighted by atomic mass is 16.6. The fourth-order valence-corrected chi connectivity index (χ4v) is 2.51. The second-order valence-corrected chi connectivity index (χ2v) is 5.01. The molecule has 22 heavy (non-hydrogen) atoms. The van der Waals surface area contributed by atoms with E-state index in [9.17, 15) is 20.0 Å². The van der Waals surface area contributed by atoms with Crippen LogP contribution >= 0.6 is 0 Å². The molecule has 0 aliphatic carbocycles. The topological polar surface area (TPSA) is 95.7 Å². The number of benzene rings is 2. The summed E-state index contributed by atoms with van der Waals surface area (Å²) in [7, 11) is 1.58. The summed E-state index contributed by atoms with van der Waals surface area (Å²) >= 11 is 0. The molecule has 3 rings (SSSR count). The third kappa shape index (κ3) is 2.12. The van der Waals surface area contributed by atoms with Gasteiger partial charge in [0, 0.05) is 30.4 Å². The molecular formula is C15H13N3O4. The third-order valence-electron chi connectivity index (χ3n) is 3.67. The fourth-order valence-electron chi connectivity index (χ4n) is 2.51. The zero-order valence-electron chi connectivity index (χ0n) is 11.7. The van der Waals surface area contributed by atoms with Crippen LogP contribution in [0.3, 0.4) is 0 Å². The Balaban J connectivity index is 2.08. The number of carbonyl (C=O) groups is 1. The van der Waals surface area contributed by atoms with Gasteiger partial charge in [0.05, 0.1) is 10.5 Å². The van der Waals surface area contributed by atoms with E-state index in [0.29, 0.717) is 11.3 Å². The van der Waals surface area contributed by atoms with Gasteiger partial charge in [0.15, 0.2) is 0 Å². The summed E-state index contributed by atoms with van der Waals surface area (Å²) in [5.74, 6) is -0.326. The number of aromatic hydroxyl groups is 1. The predicted molar refractivity (Wildman–Crippen MR) is 79.7 cm³/mol. The van der Waals surface area contributed by atoms with Crippen LogP contribution in [-0.4, -0.2) is 27.9 Å². The lowest BCUT2D eigenvalue weighted by molar-refractivity contribution is -0.385. The molecule has 0 spiro atoms. The van der Waals surface area contributed by atoms with Crippen LogP contribution in [0.4, 0.5) is 11.4 Å². The van der Waals surface area contributed by atoms with Gasteiger partial charge in [-0.15, -0.1) is 0 Å². The lowest BCUT2D eigenvalue weighted by Crippen LogP contribution is -2.40. The summed E-state index contributed by atoms with van der Waals surface area (Å²) in [5.41, 5.74) is 1.28. The number of phenols is 1. The van der Waals surface area contributed by atoms with Gasteiger partial charge in [0.1, 0.15) is 11.9 Å². The maximum Gasteiger partial charge on any atom is 0.270 e. The van der Waals surface area contributed by atoms with Gasteiger partial charge in [-0.25, -0.2) is 0 Å². The normalized spacial score (nSPS) is 16.9. The number of amides is 1. The molecule has 2 aromatic carbocycles. The number of para-hydroxylation sites is 1. The molecule has 7 nitrogen and oxygen atoms in total. The molecule has 0 bridgehead atoms. The molecule has 1 amide bonds. The number of fused-ring (bicyclic) bond motifs is 1. The van der Waals surface area contributed by atoms with Gasteiger partial charge < -0.3 is 15.3 Å². The Kier molecular flexibility index (Phi) is 3.17. The summed E-state index contributed by atoms with van der Waals surface area (Å²) in [6, 6.07) is 10.7. The van der Waals surface area contributed by atoms with Crippen molar-refractivity contribution in [1.82, 2.24) is 4.90 Å². The number of nitro groups is 1. The maximum absolute atomic E-state index is 12.4. The Hall–Kier alpha value is -3.09. The molecular weight excluding hydrogens is 286 g/mol. The first kappa shape index (κ1) is 13.9. The standard InChI is InChI=1S/C15H13N3O4/c1-17-14(11-8-9(18(21)22)6-7-13(11)19)16-12-5-3-2-4-10(12)15(17)20/h2-8,14,16,19H,1H3. The van der Waals surface area contributed by atoms with Crippen molar-refractivity contribution in [1.29, 1.82) is 0 Å². The van der Waals surface area contributed by atoms with Crippen LogP contribution in [0.5, 0.6) is 5.75 Å². The Labute approximate surface area is 125 Å². The highest BCUT2D eigenvalue weighted by Crippen LogP contribution is 2.36. The van der Waals surface area contributed by atoms with Crippen molar-refractivity contribution >= 4 is 17.3 Å². The Morgan fingerprint density at radius 1 is 1.27 bits per heavy atom. The van der Waals surface area contributed by atoms with Crippen LogP contribution in [0.2, 0.25) is 0 Å². The molecule has 0 fully saturated rings. The second kappa shape index (κ2) is 5.03. The van der Waals surface area contributed by atoms with Crippen molar-refractivity contribution in [2.45, 2.75) is 6.17 Å². The van der Waals surface area contributed by atoms with E-state index in [1.165, 1.54) is 23.1 Å². The van der Waals surface area contributed by atoms with E-state index < -0.39 is 11.1 Å². The minimum Gasteiger partial charge on any atom is -0.508 e. The lowest BCUT2D eigenvalue weighted by Gasteiger charge is -2.35. The molecule has 1 aliphatic rings. The van der Waals surface area contributed by atoms with Crippen LogP contribution in [0, 0.1) is 10.1 Å². The Bertz CT molecular complexity index is 775. The first-order chi connectivity index (χ1) is 10.5. The fraction of sp³-hybridized carbons (Fsp3) is 0.133. The molecule has 2 N–H and O–H groups in total. The second-order valence-electron chi connectivity index (χ2n) is 5.01. The number of hydrogen-bond donors (Lipinski definition) is 2. The number of nitrogens with zero attached hydrogens (tertiary/aromatic N) is 2. The molecule has 1 heterocycles. The van der Waals surface area contributed by atoms with Crippen LogP contribution < -0.4 is 5.32 Å². The Morgan fingerprint density at radius 3 is 2.73 bits per heavy atom. The molecule has 0 radical (unpaired) electrons. The first-order valence-electron chi connectivity index (χ1n) is 6.59. The summed E-state index contributed by atoms with van der Waals surface area (Å²) < 4.78 is 0. The molecule has 0 aromatic heterocycles. The summed E-state index contributed by atoms with van der Waals surface area (Å²) in [5, 5.41) is 24.1. The van der Waals surface area contributed by atoms with E-state index in [1.54, 1.807) is 31.3 Å². The van der Waals surface area contributed by atoms with Gasteiger partial charge >= 0.3 is 0 Å². The molecule has 1 aliphatic heterocycles. The monoisotopic (exact) mass is 299 g/mol. The van der Waals surface area contributed by atoms with Crippen molar-refractivity contribution in [2.75, 3.05) is 12.4 Å². The summed E-state index contributed by atoms with van der Waals surface area (Å²) in [6.07, 6.45) is -0.678. The average Bonchev–Trinajstić information content (AvgIpc) is 2.51. The van der Waals surface area contributed by atoms with Crippen LogP contribution in [-0.2, 0) is 0 Å². The van der Waals surface area contributed by atoms with Crippen molar-refractivity contribution in [3.8, 4) is 5.75 Å². The van der Waals surface area contributed by atoms with Gasteiger partial charge in [-0.1, -0.05) is 12.1 Å². The molecule has 2 aromatic rings. The highest BCUT2D eigenvalue weighted by Gasteiger charge is 2.32. The van der Waals surface area contributed by atoms with Gasteiger partial charge in [-0.3, -0.25) is 14.9 Å². The third-order valence-corrected chi connectivity index (χ3v) is 3.67. The van der Waals surface area contributed by atoms with Gasteiger partial charge in [-0.05, 0) is 18.2 Å². The number of non-ortho nitro benzene ring substituents is 1. The average molecular weight is 299 g/mol. The highest BCUT2D eigenvalue weighted by molar-refractivity contribution is 6.01. The zero-order chi connectivity index (χ0) is 15.9. The number of rotatable bonds is 2. The SMILES string of the molecule is CN1C(=O)c2ccccc2NC1c1cc([N+](=O)[O-])ccc1O. The van der Waals surface area contributed by atoms with E-state index >= 15 is 0 Å². The predicted octanol–water partition coefficient (Wildman–Crippen LogP) is 2.50. The zero-order valence-corrected chi connectivity index (χ0v) is 11.7. The minimum absolute atomic E-state index is 0.109. The van der Waals surface area contributed by atoms with Crippen molar-refractivity contribution in [3.05, 3.63) is 63.7 Å². The Morgan fingerprint density at radius 2 is 2.00 bits per heavy atom. The van der Waals surface area contributed by atoms with E-state index in [2.05, 4.69) is 5.32 Å². The van der Waals surface area contributed by atoms with Gasteiger partial charge in [-0.2, -0.15) is 0 Å². The van der Waals surface area contributed by atoms with E-state index in [1.807, 2.05) is 0 Å². The van der Waals surface area contributed by atoms with Crippen molar-refractivity contribution in [3.63, 3.8) is 0 Å². The van der Waals surface area contributed by atoms with Gasteiger partial charge in [0.25, 0.3) is 11.6 Å². The molecule has 0 saturated heterocycles. The number of nitro benzene ring substituents is 1. The summed E-state index contributed by atoms with van der Waals surface area (Å²) in [6.45, 7) is 0. The van der Waals surface area contributed by atoms with Crippen LogP contribution in [0.15, 0.2) is 42.5 Å². The molecule has 7 heteroatoms. The number of carbonyl (C=O) groups excluding carboxylic acids is 1. The van der Waals surface area contributed by atoms with Crippen molar-refractivity contribution in [2.24, 2.45) is 0 Å². The molecule has 1 atom stereocenters. The smallest absolute Gasteiger partial charge is 0.270 e. The van der Waals surface area contributed by atoms with Crippen LogP contribution in [0.25, 0.3) is 0 Å². The number of nitrogens with one attached hydrogen (secondary N) is 1. The van der Waals surface area contributed by atoms with E-state index in [-0.39, 0.29) is 22.9 Å². The van der Waals surface area contributed by atoms with Crippen molar-refractivity contribution < 1.29 is 14.8 Å². The lowest BCUT2D eigenvalue weighted by atomic mass is 10.0. The van der Waals surface area contributed by atoms with Gasteiger partial charge in [0.2, 0.25) is 0 Å². The molecule has 0 saturated carbocycles. The molecule has 1 unspecified atom stereocenters. The largest absolute Gasteiger partial charge is 0.508 e. The number of hydrogen-bond acceptors (Lipinski definition) is 5. The maximum atomic E-state index is 12.4. The molecule has 112 valence electrons. The van der Waals surface area contributed by atoms with E-state index in [0.717, 1.165) is 0 Å².